The third-order valence-electron chi connectivity index (χ3n) is 2.00. The van der Waals surface area contributed by atoms with Gasteiger partial charge in [0, 0.05) is 22.6 Å². The number of benzene rings is 1. The van der Waals surface area contributed by atoms with Crippen LogP contribution < -0.4 is 5.32 Å². The van der Waals surface area contributed by atoms with Gasteiger partial charge < -0.3 is 10.4 Å². The average molecular weight is 256 g/mol. The highest BCUT2D eigenvalue weighted by atomic mass is 79.9. The van der Waals surface area contributed by atoms with Crippen molar-refractivity contribution in [3.8, 4) is 5.75 Å². The first-order chi connectivity index (χ1) is 6.61. The van der Waals surface area contributed by atoms with Crippen molar-refractivity contribution >= 4 is 15.9 Å². The highest BCUT2D eigenvalue weighted by Gasteiger charge is 2.08. The van der Waals surface area contributed by atoms with Gasteiger partial charge in [0.25, 0.3) is 0 Å². The minimum Gasteiger partial charge on any atom is -0.508 e. The van der Waals surface area contributed by atoms with Crippen LogP contribution in [0.4, 0.5) is 0 Å². The van der Waals surface area contributed by atoms with Gasteiger partial charge in [-0.2, -0.15) is 0 Å². The fourth-order valence-electron chi connectivity index (χ4n) is 1.23. The first-order valence-electron chi connectivity index (χ1n) is 4.46. The van der Waals surface area contributed by atoms with Crippen LogP contribution in [-0.4, -0.2) is 11.7 Å². The summed E-state index contributed by atoms with van der Waals surface area (Å²) in [5, 5.41) is 12.8. The van der Waals surface area contributed by atoms with E-state index in [1.54, 1.807) is 6.07 Å². The second kappa shape index (κ2) is 5.17. The van der Waals surface area contributed by atoms with Crippen LogP contribution >= 0.6 is 15.9 Å². The van der Waals surface area contributed by atoms with E-state index in [0.29, 0.717) is 12.3 Å². The summed E-state index contributed by atoms with van der Waals surface area (Å²) in [6, 6.07) is 7.44. The summed E-state index contributed by atoms with van der Waals surface area (Å²) in [5.41, 5.74) is 0.904. The van der Waals surface area contributed by atoms with E-state index in [1.165, 1.54) is 0 Å². The molecule has 0 saturated heterocycles. The molecule has 14 heavy (non-hydrogen) atoms. The molecule has 0 aliphatic carbocycles. The molecule has 0 aromatic heterocycles. The first-order valence-corrected chi connectivity index (χ1v) is 5.25. The predicted octanol–water partition coefficient (Wildman–Crippen LogP) is 2.95. The van der Waals surface area contributed by atoms with E-state index in [9.17, 15) is 5.11 Å². The summed E-state index contributed by atoms with van der Waals surface area (Å²) in [7, 11) is 0. The van der Waals surface area contributed by atoms with Crippen molar-refractivity contribution in [2.24, 2.45) is 0 Å². The summed E-state index contributed by atoms with van der Waals surface area (Å²) < 4.78 is 0.903. The van der Waals surface area contributed by atoms with Gasteiger partial charge in [-0.3, -0.25) is 0 Å². The smallest absolute Gasteiger partial charge is 0.120 e. The maximum atomic E-state index is 9.57. The lowest BCUT2D eigenvalue weighted by Crippen LogP contribution is -2.19. The minimum atomic E-state index is 0.116. The number of hydrogen-bond donors (Lipinski definition) is 2. The quantitative estimate of drug-likeness (QED) is 0.868. The second-order valence-electron chi connectivity index (χ2n) is 3.18. The Labute approximate surface area is 92.8 Å². The summed E-state index contributed by atoms with van der Waals surface area (Å²) in [6.45, 7) is 6.43. The van der Waals surface area contributed by atoms with Gasteiger partial charge in [0.05, 0.1) is 0 Å². The van der Waals surface area contributed by atoms with Crippen molar-refractivity contribution < 1.29 is 5.11 Å². The molecule has 0 amide bonds. The Morgan fingerprint density at radius 2 is 2.21 bits per heavy atom. The number of hydrogen-bond acceptors (Lipinski definition) is 2. The second-order valence-corrected chi connectivity index (χ2v) is 4.30. The Hall–Kier alpha value is -0.800. The molecular weight excluding hydrogens is 242 g/mol. The van der Waals surface area contributed by atoms with E-state index in [1.807, 2.05) is 25.1 Å². The summed E-state index contributed by atoms with van der Waals surface area (Å²) in [4.78, 5) is 0. The molecule has 1 aromatic rings. The van der Waals surface area contributed by atoms with Gasteiger partial charge in [0.15, 0.2) is 0 Å². The molecule has 1 rings (SSSR count). The van der Waals surface area contributed by atoms with Crippen molar-refractivity contribution in [3.63, 3.8) is 0 Å². The predicted molar refractivity (Wildman–Crippen MR) is 62.6 cm³/mol. The standard InChI is InChI=1S/C11H14BrNO/c1-8(12)7-13-9(2)10-5-3-4-6-11(10)14/h3-6,9,13-14H,1,7H2,2H3. The van der Waals surface area contributed by atoms with E-state index in [2.05, 4.69) is 27.8 Å². The maximum Gasteiger partial charge on any atom is 0.120 e. The number of aromatic hydroxyl groups is 1. The Morgan fingerprint density at radius 1 is 1.57 bits per heavy atom. The third kappa shape index (κ3) is 3.16. The van der Waals surface area contributed by atoms with Crippen LogP contribution in [0.25, 0.3) is 0 Å². The molecule has 0 aliphatic heterocycles. The molecule has 1 aromatic carbocycles. The zero-order valence-electron chi connectivity index (χ0n) is 8.13. The molecule has 3 heteroatoms. The van der Waals surface area contributed by atoms with Crippen molar-refractivity contribution in [1.82, 2.24) is 5.32 Å². The van der Waals surface area contributed by atoms with Gasteiger partial charge in [-0.15, -0.1) is 0 Å². The van der Waals surface area contributed by atoms with Gasteiger partial charge in [0.2, 0.25) is 0 Å². The zero-order chi connectivity index (χ0) is 10.6. The molecule has 0 bridgehead atoms. The summed E-state index contributed by atoms with van der Waals surface area (Å²) >= 11 is 3.27. The van der Waals surface area contributed by atoms with Crippen molar-refractivity contribution in [3.05, 3.63) is 40.9 Å². The van der Waals surface area contributed by atoms with Crippen LogP contribution in [0.5, 0.6) is 5.75 Å². The lowest BCUT2D eigenvalue weighted by Gasteiger charge is -2.14. The molecule has 0 spiro atoms. The topological polar surface area (TPSA) is 32.3 Å². The van der Waals surface area contributed by atoms with Gasteiger partial charge in [-0.25, -0.2) is 0 Å². The number of phenols is 1. The molecule has 2 N–H and O–H groups in total. The molecular formula is C11H14BrNO. The Kier molecular flexibility index (Phi) is 4.17. The fourth-order valence-corrected chi connectivity index (χ4v) is 1.39. The number of phenolic OH excluding ortho intramolecular Hbond substituents is 1. The summed E-state index contributed by atoms with van der Waals surface area (Å²) in [6.07, 6.45) is 0. The van der Waals surface area contributed by atoms with Crippen LogP contribution in [-0.2, 0) is 0 Å². The molecule has 0 heterocycles. The van der Waals surface area contributed by atoms with Gasteiger partial charge >= 0.3 is 0 Å². The van der Waals surface area contributed by atoms with Gasteiger partial charge in [0.1, 0.15) is 5.75 Å². The van der Waals surface area contributed by atoms with Crippen molar-refractivity contribution in [2.75, 3.05) is 6.54 Å². The largest absolute Gasteiger partial charge is 0.508 e. The molecule has 0 aliphatic rings. The van der Waals surface area contributed by atoms with Gasteiger partial charge in [-0.1, -0.05) is 40.7 Å². The van der Waals surface area contributed by atoms with Crippen LogP contribution in [0.3, 0.4) is 0 Å². The Balaban J connectivity index is 2.65. The van der Waals surface area contributed by atoms with Crippen LogP contribution in [0.1, 0.15) is 18.5 Å². The van der Waals surface area contributed by atoms with Crippen LogP contribution in [0.15, 0.2) is 35.3 Å². The van der Waals surface area contributed by atoms with Crippen molar-refractivity contribution in [2.45, 2.75) is 13.0 Å². The average Bonchev–Trinajstić information content (AvgIpc) is 2.15. The molecule has 0 radical (unpaired) electrons. The Bertz CT molecular complexity index is 325. The molecule has 1 unspecified atom stereocenters. The lowest BCUT2D eigenvalue weighted by molar-refractivity contribution is 0.456. The maximum absolute atomic E-state index is 9.57. The number of halogens is 1. The number of nitrogens with one attached hydrogen (secondary N) is 1. The SMILES string of the molecule is C=C(Br)CNC(C)c1ccccc1O. The van der Waals surface area contributed by atoms with Gasteiger partial charge in [-0.05, 0) is 13.0 Å². The van der Waals surface area contributed by atoms with E-state index in [0.717, 1.165) is 10.0 Å². The highest BCUT2D eigenvalue weighted by Crippen LogP contribution is 2.23. The zero-order valence-corrected chi connectivity index (χ0v) is 9.71. The van der Waals surface area contributed by atoms with E-state index in [-0.39, 0.29) is 6.04 Å². The molecule has 0 fully saturated rings. The van der Waals surface area contributed by atoms with Crippen LogP contribution in [0, 0.1) is 0 Å². The van der Waals surface area contributed by atoms with E-state index in [4.69, 9.17) is 0 Å². The normalized spacial score (nSPS) is 12.4. The fraction of sp³-hybridized carbons (Fsp3) is 0.273. The molecule has 2 nitrogen and oxygen atoms in total. The molecule has 1 atom stereocenters. The third-order valence-corrected chi connectivity index (χ3v) is 2.28. The monoisotopic (exact) mass is 255 g/mol. The van der Waals surface area contributed by atoms with E-state index < -0.39 is 0 Å². The summed E-state index contributed by atoms with van der Waals surface area (Å²) in [5.74, 6) is 0.327. The number of rotatable bonds is 4. The van der Waals surface area contributed by atoms with E-state index >= 15 is 0 Å². The van der Waals surface area contributed by atoms with Crippen molar-refractivity contribution in [1.29, 1.82) is 0 Å². The number of para-hydroxylation sites is 1. The molecule has 76 valence electrons. The highest BCUT2D eigenvalue weighted by molar-refractivity contribution is 9.11. The molecule has 0 saturated carbocycles. The first kappa shape index (κ1) is 11.3. The minimum absolute atomic E-state index is 0.116. The Morgan fingerprint density at radius 3 is 2.79 bits per heavy atom. The van der Waals surface area contributed by atoms with Crippen LogP contribution in [0.2, 0.25) is 0 Å². The lowest BCUT2D eigenvalue weighted by atomic mass is 10.1.